The van der Waals surface area contributed by atoms with Gasteiger partial charge >= 0.3 is 6.03 Å². The average Bonchev–Trinajstić information content (AvgIpc) is 3.29. The maximum atomic E-state index is 11.8. The third-order valence-corrected chi connectivity index (χ3v) is 5.62. The highest BCUT2D eigenvalue weighted by Gasteiger charge is 2.04. The molecule has 0 aromatic carbocycles. The lowest BCUT2D eigenvalue weighted by Gasteiger charge is -2.09. The van der Waals surface area contributed by atoms with Crippen LogP contribution in [0.25, 0.3) is 0 Å². The summed E-state index contributed by atoms with van der Waals surface area (Å²) in [4.78, 5) is 23.5. The van der Waals surface area contributed by atoms with Gasteiger partial charge in [-0.1, -0.05) is 84.0 Å². The van der Waals surface area contributed by atoms with Crippen molar-refractivity contribution in [3.63, 3.8) is 0 Å². The van der Waals surface area contributed by atoms with Crippen LogP contribution < -0.4 is 16.2 Å². The molecule has 31 heavy (non-hydrogen) atoms. The minimum absolute atomic E-state index is 0.138. The summed E-state index contributed by atoms with van der Waals surface area (Å²) in [7, 11) is 0. The largest absolute Gasteiger partial charge is 0.354 e. The van der Waals surface area contributed by atoms with Crippen molar-refractivity contribution in [3.8, 4) is 0 Å². The van der Waals surface area contributed by atoms with Crippen molar-refractivity contribution in [2.45, 2.75) is 116 Å². The van der Waals surface area contributed by atoms with Crippen LogP contribution in [0.4, 0.5) is 4.79 Å². The van der Waals surface area contributed by atoms with Crippen molar-refractivity contribution < 1.29 is 9.59 Å². The van der Waals surface area contributed by atoms with Crippen LogP contribution in [0.3, 0.4) is 0 Å². The zero-order chi connectivity index (χ0) is 22.4. The van der Waals surface area contributed by atoms with E-state index < -0.39 is 0 Å². The summed E-state index contributed by atoms with van der Waals surface area (Å²) in [5.41, 5.74) is 4.91. The fourth-order valence-electron chi connectivity index (χ4n) is 3.68. The number of carbonyl (C=O) groups is 2. The summed E-state index contributed by atoms with van der Waals surface area (Å²) in [6.07, 6.45) is 23.0. The Morgan fingerprint density at radius 2 is 1.23 bits per heavy atom. The molecule has 0 aliphatic heterocycles. The van der Waals surface area contributed by atoms with Gasteiger partial charge in [0, 0.05) is 31.9 Å². The van der Waals surface area contributed by atoms with Crippen LogP contribution in [0.15, 0.2) is 24.5 Å². The van der Waals surface area contributed by atoms with E-state index in [9.17, 15) is 9.59 Å². The molecule has 1 heterocycles. The van der Waals surface area contributed by atoms with Gasteiger partial charge in [-0.3, -0.25) is 10.2 Å². The fraction of sp³-hybridized carbons (Fsp3) is 0.760. The normalized spacial score (nSPS) is 10.7. The Balaban J connectivity index is 1.80. The predicted octanol–water partition coefficient (Wildman–Crippen LogP) is 6.08. The number of aromatic nitrogens is 1. The Hall–Kier alpha value is -1.98. The molecular formula is C25H46N4O2. The number of hydrazine groups is 1. The number of amides is 3. The monoisotopic (exact) mass is 434 g/mol. The molecule has 6 heteroatoms. The van der Waals surface area contributed by atoms with Crippen LogP contribution in [0.1, 0.15) is 110 Å². The zero-order valence-electron chi connectivity index (χ0n) is 19.8. The lowest BCUT2D eigenvalue weighted by atomic mass is 10.1. The number of hydrogen-bond donors (Lipinski definition) is 3. The lowest BCUT2D eigenvalue weighted by Crippen LogP contribution is -2.47. The first-order valence-corrected chi connectivity index (χ1v) is 12.7. The van der Waals surface area contributed by atoms with E-state index in [4.69, 9.17) is 0 Å². The molecule has 0 spiro atoms. The van der Waals surface area contributed by atoms with Crippen molar-refractivity contribution in [1.29, 1.82) is 0 Å². The first kappa shape index (κ1) is 27.1. The van der Waals surface area contributed by atoms with Gasteiger partial charge in [0.25, 0.3) is 0 Å². The Bertz CT molecular complexity index is 546. The fourth-order valence-corrected chi connectivity index (χ4v) is 3.68. The summed E-state index contributed by atoms with van der Waals surface area (Å²) < 4.78 is 2.14. The van der Waals surface area contributed by atoms with Crippen LogP contribution >= 0.6 is 0 Å². The average molecular weight is 435 g/mol. The molecule has 0 atom stereocenters. The Morgan fingerprint density at radius 3 is 1.84 bits per heavy atom. The van der Waals surface area contributed by atoms with E-state index in [0.717, 1.165) is 38.6 Å². The van der Waals surface area contributed by atoms with Gasteiger partial charge in [-0.05, 0) is 31.4 Å². The highest BCUT2D eigenvalue weighted by molar-refractivity contribution is 5.80. The predicted molar refractivity (Wildman–Crippen MR) is 129 cm³/mol. The van der Waals surface area contributed by atoms with Gasteiger partial charge in [0.15, 0.2) is 0 Å². The van der Waals surface area contributed by atoms with Gasteiger partial charge in [0.05, 0.1) is 0 Å². The van der Waals surface area contributed by atoms with E-state index in [-0.39, 0.29) is 11.9 Å². The van der Waals surface area contributed by atoms with Gasteiger partial charge in [-0.15, -0.1) is 0 Å². The van der Waals surface area contributed by atoms with E-state index in [1.54, 1.807) is 0 Å². The van der Waals surface area contributed by atoms with Crippen molar-refractivity contribution >= 4 is 11.9 Å². The van der Waals surface area contributed by atoms with Crippen LogP contribution in [-0.4, -0.2) is 23.1 Å². The van der Waals surface area contributed by atoms with Gasteiger partial charge in [-0.25, -0.2) is 10.2 Å². The standard InChI is InChI=1S/C25H46N4O2/c1-2-3-4-5-6-7-8-9-10-11-12-15-20-26-25(31)28-27-24(30)19-14-13-16-21-29-22-17-18-23-29/h17-18,22-23H,2-16,19-21H2,1H3,(H,27,30)(H2,26,28,31). The number of hydrogen-bond acceptors (Lipinski definition) is 2. The molecular weight excluding hydrogens is 388 g/mol. The second kappa shape index (κ2) is 20.0. The third-order valence-electron chi connectivity index (χ3n) is 5.62. The van der Waals surface area contributed by atoms with E-state index in [1.165, 1.54) is 64.2 Å². The molecule has 0 saturated heterocycles. The number of aryl methyl sites for hydroxylation is 1. The number of nitrogens with zero attached hydrogens (tertiary/aromatic N) is 1. The first-order chi connectivity index (χ1) is 15.2. The van der Waals surface area contributed by atoms with Crippen LogP contribution in [0.5, 0.6) is 0 Å². The number of nitrogens with one attached hydrogen (secondary N) is 3. The molecule has 0 saturated carbocycles. The molecule has 178 valence electrons. The summed E-state index contributed by atoms with van der Waals surface area (Å²) in [6, 6.07) is 3.70. The van der Waals surface area contributed by atoms with Crippen molar-refractivity contribution in [1.82, 2.24) is 20.7 Å². The molecule has 1 rings (SSSR count). The topological polar surface area (TPSA) is 75.2 Å². The summed E-state index contributed by atoms with van der Waals surface area (Å²) in [5.74, 6) is -0.138. The smallest absolute Gasteiger partial charge is 0.333 e. The second-order valence-electron chi connectivity index (χ2n) is 8.55. The Labute approximate surface area is 189 Å². The minimum atomic E-state index is -0.330. The van der Waals surface area contributed by atoms with E-state index in [0.29, 0.717) is 13.0 Å². The number of urea groups is 1. The van der Waals surface area contributed by atoms with Crippen LogP contribution in [0, 0.1) is 0 Å². The van der Waals surface area contributed by atoms with Gasteiger partial charge in [0.2, 0.25) is 5.91 Å². The van der Waals surface area contributed by atoms with Crippen molar-refractivity contribution in [2.24, 2.45) is 0 Å². The Morgan fingerprint density at radius 1 is 0.677 bits per heavy atom. The van der Waals surface area contributed by atoms with Gasteiger partial charge in [-0.2, -0.15) is 0 Å². The SMILES string of the molecule is CCCCCCCCCCCCCCNC(=O)NNC(=O)CCCCCn1cccc1. The number of carbonyl (C=O) groups excluding carboxylic acids is 2. The van der Waals surface area contributed by atoms with Gasteiger partial charge in [0.1, 0.15) is 0 Å². The summed E-state index contributed by atoms with van der Waals surface area (Å²) >= 11 is 0. The van der Waals surface area contributed by atoms with E-state index >= 15 is 0 Å². The van der Waals surface area contributed by atoms with Gasteiger partial charge < -0.3 is 9.88 Å². The highest BCUT2D eigenvalue weighted by atomic mass is 16.2. The van der Waals surface area contributed by atoms with Crippen molar-refractivity contribution in [2.75, 3.05) is 6.54 Å². The number of unbranched alkanes of at least 4 members (excludes halogenated alkanes) is 13. The van der Waals surface area contributed by atoms with Crippen LogP contribution in [0.2, 0.25) is 0 Å². The Kier molecular flexibility index (Phi) is 17.4. The molecule has 0 fully saturated rings. The summed E-state index contributed by atoms with van der Waals surface area (Å²) in [5, 5.41) is 2.80. The molecule has 3 N–H and O–H groups in total. The molecule has 0 bridgehead atoms. The lowest BCUT2D eigenvalue weighted by molar-refractivity contribution is -0.121. The van der Waals surface area contributed by atoms with Crippen LogP contribution in [-0.2, 0) is 11.3 Å². The quantitative estimate of drug-likeness (QED) is 0.182. The third kappa shape index (κ3) is 17.4. The zero-order valence-corrected chi connectivity index (χ0v) is 19.8. The molecule has 1 aromatic rings. The molecule has 0 aliphatic rings. The highest BCUT2D eigenvalue weighted by Crippen LogP contribution is 2.11. The first-order valence-electron chi connectivity index (χ1n) is 12.7. The molecule has 0 radical (unpaired) electrons. The molecule has 1 aromatic heterocycles. The molecule has 0 aliphatic carbocycles. The molecule has 6 nitrogen and oxygen atoms in total. The molecule has 3 amide bonds. The molecule has 0 unspecified atom stereocenters. The number of rotatable bonds is 19. The maximum absolute atomic E-state index is 11.8. The van der Waals surface area contributed by atoms with Crippen molar-refractivity contribution in [3.05, 3.63) is 24.5 Å². The minimum Gasteiger partial charge on any atom is -0.354 e. The van der Waals surface area contributed by atoms with E-state index in [2.05, 4.69) is 27.7 Å². The summed E-state index contributed by atoms with van der Waals surface area (Å²) in [6.45, 7) is 3.89. The second-order valence-corrected chi connectivity index (χ2v) is 8.55. The van der Waals surface area contributed by atoms with E-state index in [1.807, 2.05) is 24.5 Å². The maximum Gasteiger partial charge on any atom is 0.333 e.